The third-order valence-electron chi connectivity index (χ3n) is 6.61. The first kappa shape index (κ1) is 15.2. The van der Waals surface area contributed by atoms with E-state index in [2.05, 4.69) is 0 Å². The van der Waals surface area contributed by atoms with E-state index in [-0.39, 0.29) is 0 Å². The van der Waals surface area contributed by atoms with Crippen molar-refractivity contribution in [2.75, 3.05) is 0 Å². The van der Waals surface area contributed by atoms with Crippen molar-refractivity contribution in [3.63, 3.8) is 0 Å². The maximum Gasteiger partial charge on any atom is 0.0367 e. The third-order valence-corrected chi connectivity index (χ3v) is 7.16. The molecule has 0 aliphatic heterocycles. The molecule has 1 heteroatoms. The number of halogens is 1. The van der Waals surface area contributed by atoms with Crippen LogP contribution in [0.15, 0.2) is 0 Å². The van der Waals surface area contributed by atoms with Gasteiger partial charge in [0.2, 0.25) is 0 Å². The standard InChI is InChI=1S/C19H33Cl/c20-18-14-8-7-13-17(18)19(15-9-3-1-4-10-15)16-11-5-2-6-12-16/h15-19H,1-14H2/t17-,18-/m0/s1. The second kappa shape index (κ2) is 7.52. The topological polar surface area (TPSA) is 0 Å². The van der Waals surface area contributed by atoms with E-state index in [1.807, 2.05) is 0 Å². The summed E-state index contributed by atoms with van der Waals surface area (Å²) in [6, 6.07) is 0. The van der Waals surface area contributed by atoms with E-state index in [9.17, 15) is 0 Å². The molecule has 3 aliphatic rings. The van der Waals surface area contributed by atoms with Crippen LogP contribution in [0, 0.1) is 23.7 Å². The lowest BCUT2D eigenvalue weighted by molar-refractivity contribution is 0.0695. The van der Waals surface area contributed by atoms with Gasteiger partial charge in [-0.3, -0.25) is 0 Å². The van der Waals surface area contributed by atoms with Gasteiger partial charge in [-0.05, 0) is 36.5 Å². The first-order valence-electron chi connectivity index (χ1n) is 9.50. The third kappa shape index (κ3) is 3.54. The summed E-state index contributed by atoms with van der Waals surface area (Å²) < 4.78 is 0. The van der Waals surface area contributed by atoms with Gasteiger partial charge in [0.05, 0.1) is 0 Å². The summed E-state index contributed by atoms with van der Waals surface area (Å²) >= 11 is 6.82. The molecule has 20 heavy (non-hydrogen) atoms. The van der Waals surface area contributed by atoms with Crippen LogP contribution < -0.4 is 0 Å². The smallest absolute Gasteiger partial charge is 0.0367 e. The van der Waals surface area contributed by atoms with E-state index in [1.54, 1.807) is 0 Å². The summed E-state index contributed by atoms with van der Waals surface area (Å²) in [5.41, 5.74) is 0. The lowest BCUT2D eigenvalue weighted by atomic mass is 9.62. The van der Waals surface area contributed by atoms with Crippen molar-refractivity contribution in [1.29, 1.82) is 0 Å². The Morgan fingerprint density at radius 1 is 0.550 bits per heavy atom. The molecule has 0 bridgehead atoms. The fraction of sp³-hybridized carbons (Fsp3) is 1.00. The van der Waals surface area contributed by atoms with Gasteiger partial charge < -0.3 is 0 Å². The van der Waals surface area contributed by atoms with Crippen LogP contribution in [0.3, 0.4) is 0 Å². The molecular weight excluding hydrogens is 264 g/mol. The molecule has 0 heterocycles. The van der Waals surface area contributed by atoms with Gasteiger partial charge in [-0.1, -0.05) is 77.0 Å². The maximum absolute atomic E-state index is 6.82. The van der Waals surface area contributed by atoms with Crippen LogP contribution in [0.2, 0.25) is 0 Å². The molecule has 0 amide bonds. The number of hydrogen-bond donors (Lipinski definition) is 0. The predicted octanol–water partition coefficient (Wildman–Crippen LogP) is 6.56. The Hall–Kier alpha value is 0.290. The Labute approximate surface area is 131 Å². The largest absolute Gasteiger partial charge is 0.123 e. The molecular formula is C19H33Cl. The molecule has 3 saturated carbocycles. The molecule has 116 valence electrons. The highest BCUT2D eigenvalue weighted by molar-refractivity contribution is 6.20. The van der Waals surface area contributed by atoms with Gasteiger partial charge in [0, 0.05) is 5.38 Å². The van der Waals surface area contributed by atoms with Crippen molar-refractivity contribution in [2.45, 2.75) is 95.3 Å². The van der Waals surface area contributed by atoms with Gasteiger partial charge in [0.1, 0.15) is 0 Å². The Morgan fingerprint density at radius 3 is 1.50 bits per heavy atom. The summed E-state index contributed by atoms with van der Waals surface area (Å²) in [6.45, 7) is 0. The molecule has 0 radical (unpaired) electrons. The fourth-order valence-corrected chi connectivity index (χ4v) is 6.12. The van der Waals surface area contributed by atoms with E-state index < -0.39 is 0 Å². The van der Waals surface area contributed by atoms with Crippen LogP contribution in [0.1, 0.15) is 89.9 Å². The summed E-state index contributed by atoms with van der Waals surface area (Å²) in [6.07, 6.45) is 20.6. The summed E-state index contributed by atoms with van der Waals surface area (Å²) in [7, 11) is 0. The van der Waals surface area contributed by atoms with Crippen molar-refractivity contribution in [3.05, 3.63) is 0 Å². The zero-order valence-electron chi connectivity index (χ0n) is 13.2. The van der Waals surface area contributed by atoms with Gasteiger partial charge in [-0.2, -0.15) is 0 Å². The van der Waals surface area contributed by atoms with Crippen molar-refractivity contribution in [1.82, 2.24) is 0 Å². The molecule has 0 unspecified atom stereocenters. The Morgan fingerprint density at radius 2 is 1.00 bits per heavy atom. The van der Waals surface area contributed by atoms with E-state index in [0.717, 1.165) is 23.7 Å². The maximum atomic E-state index is 6.82. The van der Waals surface area contributed by atoms with Crippen molar-refractivity contribution in [2.24, 2.45) is 23.7 Å². The van der Waals surface area contributed by atoms with Gasteiger partial charge in [-0.15, -0.1) is 11.6 Å². The van der Waals surface area contributed by atoms with E-state index in [1.165, 1.54) is 89.9 Å². The Balaban J connectivity index is 1.73. The molecule has 0 spiro atoms. The fourth-order valence-electron chi connectivity index (χ4n) is 5.67. The minimum Gasteiger partial charge on any atom is -0.123 e. The quantitative estimate of drug-likeness (QED) is 0.517. The molecule has 0 aromatic carbocycles. The lowest BCUT2D eigenvalue weighted by Gasteiger charge is -2.45. The Bertz CT molecular complexity index is 257. The van der Waals surface area contributed by atoms with Crippen LogP contribution >= 0.6 is 11.6 Å². The minimum atomic E-state index is 0.498. The molecule has 3 aliphatic carbocycles. The highest BCUT2D eigenvalue weighted by Crippen LogP contribution is 2.48. The highest BCUT2D eigenvalue weighted by atomic mass is 35.5. The summed E-state index contributed by atoms with van der Waals surface area (Å²) in [4.78, 5) is 0. The van der Waals surface area contributed by atoms with Crippen LogP contribution in [0.4, 0.5) is 0 Å². The zero-order valence-corrected chi connectivity index (χ0v) is 13.9. The van der Waals surface area contributed by atoms with Crippen molar-refractivity contribution < 1.29 is 0 Å². The van der Waals surface area contributed by atoms with Crippen LogP contribution in [-0.2, 0) is 0 Å². The molecule has 0 aromatic heterocycles. The first-order valence-corrected chi connectivity index (χ1v) is 9.94. The lowest BCUT2D eigenvalue weighted by Crippen LogP contribution is -2.38. The van der Waals surface area contributed by atoms with E-state index in [0.29, 0.717) is 5.38 Å². The summed E-state index contributed by atoms with van der Waals surface area (Å²) in [5, 5.41) is 0.498. The molecule has 0 saturated heterocycles. The van der Waals surface area contributed by atoms with Crippen molar-refractivity contribution in [3.8, 4) is 0 Å². The van der Waals surface area contributed by atoms with Crippen LogP contribution in [-0.4, -0.2) is 5.38 Å². The van der Waals surface area contributed by atoms with Gasteiger partial charge in [0.25, 0.3) is 0 Å². The van der Waals surface area contributed by atoms with Crippen LogP contribution in [0.25, 0.3) is 0 Å². The molecule has 0 aromatic rings. The predicted molar refractivity (Wildman–Crippen MR) is 88.2 cm³/mol. The van der Waals surface area contributed by atoms with Gasteiger partial charge in [-0.25, -0.2) is 0 Å². The number of rotatable bonds is 3. The average molecular weight is 297 g/mol. The summed E-state index contributed by atoms with van der Waals surface area (Å²) in [5.74, 6) is 3.89. The zero-order chi connectivity index (χ0) is 13.8. The van der Waals surface area contributed by atoms with Crippen LogP contribution in [0.5, 0.6) is 0 Å². The van der Waals surface area contributed by atoms with Crippen molar-refractivity contribution >= 4 is 11.6 Å². The molecule has 3 rings (SSSR count). The SMILES string of the molecule is Cl[C@H]1CCCC[C@@H]1C(C1CCCCC1)C1CCCCC1. The van der Waals surface area contributed by atoms with E-state index in [4.69, 9.17) is 11.6 Å². The number of alkyl halides is 1. The van der Waals surface area contributed by atoms with Gasteiger partial charge in [0.15, 0.2) is 0 Å². The Kier molecular flexibility index (Phi) is 5.72. The first-order chi connectivity index (χ1) is 9.86. The monoisotopic (exact) mass is 296 g/mol. The molecule has 2 atom stereocenters. The minimum absolute atomic E-state index is 0.498. The number of hydrogen-bond acceptors (Lipinski definition) is 0. The molecule has 0 N–H and O–H groups in total. The van der Waals surface area contributed by atoms with E-state index >= 15 is 0 Å². The second-order valence-electron chi connectivity index (χ2n) is 7.84. The molecule has 0 nitrogen and oxygen atoms in total. The normalized spacial score (nSPS) is 34.5. The van der Waals surface area contributed by atoms with Gasteiger partial charge >= 0.3 is 0 Å². The second-order valence-corrected chi connectivity index (χ2v) is 8.40. The average Bonchev–Trinajstić information content (AvgIpc) is 2.52. The molecule has 3 fully saturated rings. The highest BCUT2D eigenvalue weighted by Gasteiger charge is 2.40.